The van der Waals surface area contributed by atoms with Crippen molar-refractivity contribution in [2.24, 2.45) is 5.41 Å². The molecule has 0 unspecified atom stereocenters. The van der Waals surface area contributed by atoms with Crippen molar-refractivity contribution in [2.45, 2.75) is 20.8 Å². The number of allylic oxidation sites excluding steroid dienone is 3. The van der Waals surface area contributed by atoms with Crippen LogP contribution in [-0.4, -0.2) is 0 Å². The van der Waals surface area contributed by atoms with Crippen LogP contribution in [0.3, 0.4) is 0 Å². The molecule has 0 aliphatic rings. The van der Waals surface area contributed by atoms with E-state index in [1.54, 1.807) is 0 Å². The molecule has 17 heavy (non-hydrogen) atoms. The molecule has 0 N–H and O–H groups in total. The molecule has 1 rings (SSSR count). The minimum Gasteiger partial charge on any atom is -0.102 e. The smallest absolute Gasteiger partial charge is 0.0175 e. The fourth-order valence-corrected chi connectivity index (χ4v) is 1.96. The Balaban J connectivity index is 3.20. The van der Waals surface area contributed by atoms with Gasteiger partial charge in [0, 0.05) is 9.89 Å². The summed E-state index contributed by atoms with van der Waals surface area (Å²) in [6.07, 6.45) is 4.14. The van der Waals surface area contributed by atoms with Gasteiger partial charge >= 0.3 is 0 Å². The Labute approximate surface area is 113 Å². The second kappa shape index (κ2) is 5.50. The number of rotatable bonds is 4. The van der Waals surface area contributed by atoms with E-state index in [1.165, 1.54) is 11.1 Å². The zero-order valence-corrected chi connectivity index (χ0v) is 12.3. The lowest BCUT2D eigenvalue weighted by Crippen LogP contribution is -2.11. The highest BCUT2D eigenvalue weighted by molar-refractivity contribution is 9.10. The number of hydrogen-bond donors (Lipinski definition) is 0. The minimum absolute atomic E-state index is 0.0566. The van der Waals surface area contributed by atoms with Gasteiger partial charge in [-0.25, -0.2) is 0 Å². The molecular weight excluding hydrogens is 272 g/mol. The van der Waals surface area contributed by atoms with E-state index in [4.69, 9.17) is 0 Å². The monoisotopic (exact) mass is 290 g/mol. The SMILES string of the molecule is C=CC(C)(C)/C(=C/c1ccc(Br)cc1)C(=C)C. The maximum Gasteiger partial charge on any atom is 0.0175 e. The van der Waals surface area contributed by atoms with Gasteiger partial charge in [0.15, 0.2) is 0 Å². The molecule has 0 saturated heterocycles. The van der Waals surface area contributed by atoms with E-state index >= 15 is 0 Å². The van der Waals surface area contributed by atoms with Crippen molar-refractivity contribution in [1.29, 1.82) is 0 Å². The first-order valence-electron chi connectivity index (χ1n) is 5.64. The van der Waals surface area contributed by atoms with E-state index < -0.39 is 0 Å². The van der Waals surface area contributed by atoms with E-state index in [2.05, 4.69) is 61.1 Å². The fourth-order valence-electron chi connectivity index (χ4n) is 1.69. The van der Waals surface area contributed by atoms with Gasteiger partial charge in [0.25, 0.3) is 0 Å². The summed E-state index contributed by atoms with van der Waals surface area (Å²) in [5.41, 5.74) is 3.42. The van der Waals surface area contributed by atoms with Crippen LogP contribution in [0.15, 0.2) is 59.1 Å². The molecule has 1 aromatic carbocycles. The summed E-state index contributed by atoms with van der Waals surface area (Å²) in [6, 6.07) is 8.27. The van der Waals surface area contributed by atoms with Crippen molar-refractivity contribution in [3.05, 3.63) is 64.7 Å². The van der Waals surface area contributed by atoms with Crippen molar-refractivity contribution in [1.82, 2.24) is 0 Å². The lowest BCUT2D eigenvalue weighted by atomic mass is 9.80. The molecule has 0 fully saturated rings. The topological polar surface area (TPSA) is 0 Å². The number of hydrogen-bond acceptors (Lipinski definition) is 0. The zero-order valence-electron chi connectivity index (χ0n) is 10.8. The van der Waals surface area contributed by atoms with Crippen molar-refractivity contribution in [3.8, 4) is 0 Å². The van der Waals surface area contributed by atoms with Crippen molar-refractivity contribution >= 4 is 22.0 Å². The highest BCUT2D eigenvalue weighted by Crippen LogP contribution is 2.33. The predicted molar refractivity (Wildman–Crippen MR) is 80.9 cm³/mol. The molecule has 0 spiro atoms. The summed E-state index contributed by atoms with van der Waals surface area (Å²) in [5.74, 6) is 0. The van der Waals surface area contributed by atoms with Crippen LogP contribution >= 0.6 is 15.9 Å². The van der Waals surface area contributed by atoms with E-state index in [0.717, 1.165) is 10.0 Å². The van der Waals surface area contributed by atoms with Crippen molar-refractivity contribution < 1.29 is 0 Å². The largest absolute Gasteiger partial charge is 0.102 e. The molecule has 0 bridgehead atoms. The molecule has 0 saturated carbocycles. The Morgan fingerprint density at radius 1 is 1.24 bits per heavy atom. The third kappa shape index (κ3) is 3.71. The fraction of sp³-hybridized carbons (Fsp3) is 0.250. The molecule has 0 heterocycles. The highest BCUT2D eigenvalue weighted by atomic mass is 79.9. The maximum absolute atomic E-state index is 4.06. The molecular formula is C16H19Br. The molecule has 1 heteroatoms. The van der Waals surface area contributed by atoms with Crippen molar-refractivity contribution in [2.75, 3.05) is 0 Å². The van der Waals surface area contributed by atoms with Gasteiger partial charge in [0.05, 0.1) is 0 Å². The molecule has 1 aromatic rings. The van der Waals surface area contributed by atoms with Crippen LogP contribution in [0.1, 0.15) is 26.3 Å². The van der Waals surface area contributed by atoms with Gasteiger partial charge < -0.3 is 0 Å². The number of halogens is 1. The molecule has 0 aliphatic heterocycles. The van der Waals surface area contributed by atoms with Crippen LogP contribution < -0.4 is 0 Å². The Bertz CT molecular complexity index is 447. The Hall–Kier alpha value is -1.08. The van der Waals surface area contributed by atoms with Crippen LogP contribution in [0.25, 0.3) is 6.08 Å². The molecule has 90 valence electrons. The lowest BCUT2D eigenvalue weighted by molar-refractivity contribution is 0.593. The summed E-state index contributed by atoms with van der Waals surface area (Å²) in [5, 5.41) is 0. The van der Waals surface area contributed by atoms with Crippen LogP contribution in [-0.2, 0) is 0 Å². The summed E-state index contributed by atoms with van der Waals surface area (Å²) < 4.78 is 1.09. The molecule has 0 aromatic heterocycles. The molecule has 0 amide bonds. The minimum atomic E-state index is -0.0566. The van der Waals surface area contributed by atoms with Crippen LogP contribution in [0.2, 0.25) is 0 Å². The first kappa shape index (κ1) is 14.0. The van der Waals surface area contributed by atoms with Crippen LogP contribution in [0.4, 0.5) is 0 Å². The molecule has 0 aliphatic carbocycles. The Morgan fingerprint density at radius 2 is 1.76 bits per heavy atom. The third-order valence-corrected chi connectivity index (χ3v) is 3.37. The molecule has 0 atom stereocenters. The average molecular weight is 291 g/mol. The molecule has 0 nitrogen and oxygen atoms in total. The second-order valence-corrected chi connectivity index (χ2v) is 5.73. The van der Waals surface area contributed by atoms with E-state index in [9.17, 15) is 0 Å². The lowest BCUT2D eigenvalue weighted by Gasteiger charge is -2.24. The van der Waals surface area contributed by atoms with Gasteiger partial charge in [-0.15, -0.1) is 6.58 Å². The normalized spacial score (nSPS) is 12.4. The standard InChI is InChI=1S/C16H19Br/c1-6-16(4,5)15(12(2)3)11-13-7-9-14(17)10-8-13/h6-11H,1-2H2,3-5H3/b15-11+. The third-order valence-electron chi connectivity index (χ3n) is 2.85. The van der Waals surface area contributed by atoms with E-state index in [-0.39, 0.29) is 5.41 Å². The molecule has 0 radical (unpaired) electrons. The maximum atomic E-state index is 4.06. The predicted octanol–water partition coefficient (Wildman–Crippen LogP) is 5.62. The van der Waals surface area contributed by atoms with Crippen molar-refractivity contribution in [3.63, 3.8) is 0 Å². The summed E-state index contributed by atoms with van der Waals surface area (Å²) in [4.78, 5) is 0. The van der Waals surface area contributed by atoms with Gasteiger partial charge in [-0.1, -0.05) is 66.2 Å². The van der Waals surface area contributed by atoms with Gasteiger partial charge in [-0.2, -0.15) is 0 Å². The van der Waals surface area contributed by atoms with E-state index in [1.807, 2.05) is 25.1 Å². The quantitative estimate of drug-likeness (QED) is 0.499. The van der Waals surface area contributed by atoms with Gasteiger partial charge in [0.2, 0.25) is 0 Å². The first-order chi connectivity index (χ1) is 7.86. The summed E-state index contributed by atoms with van der Waals surface area (Å²) in [7, 11) is 0. The Morgan fingerprint density at radius 3 is 2.18 bits per heavy atom. The number of benzene rings is 1. The van der Waals surface area contributed by atoms with Crippen LogP contribution in [0.5, 0.6) is 0 Å². The summed E-state index contributed by atoms with van der Waals surface area (Å²) in [6.45, 7) is 14.3. The first-order valence-corrected chi connectivity index (χ1v) is 6.43. The summed E-state index contributed by atoms with van der Waals surface area (Å²) >= 11 is 3.44. The van der Waals surface area contributed by atoms with Gasteiger partial charge in [-0.3, -0.25) is 0 Å². The van der Waals surface area contributed by atoms with Crippen LogP contribution in [0, 0.1) is 5.41 Å². The zero-order chi connectivity index (χ0) is 13.1. The van der Waals surface area contributed by atoms with Gasteiger partial charge in [0.1, 0.15) is 0 Å². The highest BCUT2D eigenvalue weighted by Gasteiger charge is 2.19. The van der Waals surface area contributed by atoms with E-state index in [0.29, 0.717) is 0 Å². The van der Waals surface area contributed by atoms with Gasteiger partial charge in [-0.05, 0) is 30.2 Å². The second-order valence-electron chi connectivity index (χ2n) is 4.82. The average Bonchev–Trinajstić information content (AvgIpc) is 2.27. The Kier molecular flexibility index (Phi) is 4.53.